The van der Waals surface area contributed by atoms with Crippen molar-refractivity contribution >= 4 is 13.1 Å². The summed E-state index contributed by atoms with van der Waals surface area (Å²) in [6.07, 6.45) is 1.56. The number of hydrogen-bond acceptors (Lipinski definition) is 4. The molecule has 0 aromatic rings. The van der Waals surface area contributed by atoms with Crippen molar-refractivity contribution in [2.24, 2.45) is 5.92 Å². The van der Waals surface area contributed by atoms with E-state index in [1.807, 2.05) is 0 Å². The maximum absolute atomic E-state index is 10.5. The Morgan fingerprint density at radius 3 is 2.69 bits per heavy atom. The molecule has 5 nitrogen and oxygen atoms in total. The average molecular weight is 187 g/mol. The van der Waals surface area contributed by atoms with Crippen LogP contribution in [0.4, 0.5) is 0 Å². The van der Waals surface area contributed by atoms with Crippen LogP contribution in [0.1, 0.15) is 12.8 Å². The largest absolute Gasteiger partial charge is 0.480 e. The minimum Gasteiger partial charge on any atom is -0.480 e. The maximum Gasteiger partial charge on any atom is 0.451 e. The first-order valence-electron chi connectivity index (χ1n) is 4.42. The van der Waals surface area contributed by atoms with Crippen LogP contribution < -0.4 is 5.32 Å². The lowest BCUT2D eigenvalue weighted by atomic mass is 9.80. The van der Waals surface area contributed by atoms with Crippen LogP contribution in [-0.2, 0) is 4.79 Å². The number of rotatable bonds is 4. The van der Waals surface area contributed by atoms with Crippen LogP contribution in [-0.4, -0.2) is 40.8 Å². The van der Waals surface area contributed by atoms with Gasteiger partial charge < -0.3 is 20.5 Å². The topological polar surface area (TPSA) is 89.8 Å². The second-order valence-corrected chi connectivity index (χ2v) is 3.46. The van der Waals surface area contributed by atoms with Gasteiger partial charge in [-0.05, 0) is 25.2 Å². The molecule has 6 heteroatoms. The van der Waals surface area contributed by atoms with Crippen LogP contribution in [0.25, 0.3) is 0 Å². The highest BCUT2D eigenvalue weighted by molar-refractivity contribution is 6.40. The van der Waals surface area contributed by atoms with Gasteiger partial charge >= 0.3 is 13.1 Å². The van der Waals surface area contributed by atoms with Crippen LogP contribution in [0, 0.1) is 5.92 Å². The first-order valence-corrected chi connectivity index (χ1v) is 4.42. The summed E-state index contributed by atoms with van der Waals surface area (Å²) in [6.45, 7) is 0.656. The normalized spacial score (nSPS) is 27.5. The highest BCUT2D eigenvalue weighted by Gasteiger charge is 2.29. The van der Waals surface area contributed by atoms with E-state index < -0.39 is 19.1 Å². The molecule has 74 valence electrons. The summed E-state index contributed by atoms with van der Waals surface area (Å²) in [5.74, 6) is -0.574. The van der Waals surface area contributed by atoms with Crippen LogP contribution in [0.3, 0.4) is 0 Å². The van der Waals surface area contributed by atoms with Crippen LogP contribution in [0.15, 0.2) is 0 Å². The molecule has 0 spiro atoms. The molecule has 1 heterocycles. The SMILES string of the molecule is O=C(O)C1CC(CCB(O)O)CN1. The van der Waals surface area contributed by atoms with E-state index in [2.05, 4.69) is 5.32 Å². The minimum atomic E-state index is -1.27. The predicted octanol–water partition coefficient (Wildman–Crippen LogP) is -1.09. The fraction of sp³-hybridized carbons (Fsp3) is 0.857. The molecule has 2 atom stereocenters. The van der Waals surface area contributed by atoms with Gasteiger partial charge in [0.2, 0.25) is 0 Å². The van der Waals surface area contributed by atoms with Crippen molar-refractivity contribution in [2.45, 2.75) is 25.2 Å². The summed E-state index contributed by atoms with van der Waals surface area (Å²) in [4.78, 5) is 10.5. The van der Waals surface area contributed by atoms with Crippen molar-refractivity contribution in [2.75, 3.05) is 6.54 Å². The summed E-state index contributed by atoms with van der Waals surface area (Å²) in [5.41, 5.74) is 0. The zero-order valence-electron chi connectivity index (χ0n) is 7.31. The Labute approximate surface area is 76.9 Å². The highest BCUT2D eigenvalue weighted by atomic mass is 16.4. The lowest BCUT2D eigenvalue weighted by Crippen LogP contribution is -2.29. The van der Waals surface area contributed by atoms with E-state index in [1.54, 1.807) is 0 Å². The molecule has 1 saturated heterocycles. The van der Waals surface area contributed by atoms with Crippen LogP contribution in [0.5, 0.6) is 0 Å². The second kappa shape index (κ2) is 4.60. The first-order chi connectivity index (χ1) is 6.09. The summed E-state index contributed by atoms with van der Waals surface area (Å²) >= 11 is 0. The summed E-state index contributed by atoms with van der Waals surface area (Å²) in [6, 6.07) is -0.458. The molecule has 2 unspecified atom stereocenters. The third kappa shape index (κ3) is 3.34. The molecule has 1 rings (SSSR count). The lowest BCUT2D eigenvalue weighted by molar-refractivity contribution is -0.139. The Bertz CT molecular complexity index is 187. The Balaban J connectivity index is 2.21. The summed E-state index contributed by atoms with van der Waals surface area (Å²) < 4.78 is 0. The van der Waals surface area contributed by atoms with Crippen molar-refractivity contribution in [1.29, 1.82) is 0 Å². The van der Waals surface area contributed by atoms with E-state index >= 15 is 0 Å². The Kier molecular flexibility index (Phi) is 3.71. The molecular formula is C7H14BNO4. The third-order valence-corrected chi connectivity index (χ3v) is 2.35. The van der Waals surface area contributed by atoms with E-state index in [-0.39, 0.29) is 5.92 Å². The molecule has 0 radical (unpaired) electrons. The van der Waals surface area contributed by atoms with E-state index in [9.17, 15) is 4.79 Å². The monoisotopic (exact) mass is 187 g/mol. The molecule has 0 bridgehead atoms. The van der Waals surface area contributed by atoms with Crippen molar-refractivity contribution in [3.8, 4) is 0 Å². The van der Waals surface area contributed by atoms with Crippen molar-refractivity contribution in [3.63, 3.8) is 0 Å². The van der Waals surface area contributed by atoms with Gasteiger partial charge in [-0.25, -0.2) is 0 Å². The lowest BCUT2D eigenvalue weighted by Gasteiger charge is -2.06. The quantitative estimate of drug-likeness (QED) is 0.420. The summed E-state index contributed by atoms with van der Waals surface area (Å²) in [7, 11) is -1.27. The third-order valence-electron chi connectivity index (χ3n) is 2.35. The predicted molar refractivity (Wildman–Crippen MR) is 47.1 cm³/mol. The Morgan fingerprint density at radius 2 is 2.23 bits per heavy atom. The molecule has 4 N–H and O–H groups in total. The molecule has 1 fully saturated rings. The molecule has 13 heavy (non-hydrogen) atoms. The standard InChI is InChI=1S/C7H14BNO4/c10-7(11)6-3-5(4-9-6)1-2-8(12)13/h5-6,9,12-13H,1-4H2,(H,10,11). The molecule has 0 aromatic heterocycles. The van der Waals surface area contributed by atoms with Gasteiger partial charge in [0.1, 0.15) is 6.04 Å². The van der Waals surface area contributed by atoms with Crippen molar-refractivity contribution < 1.29 is 19.9 Å². The van der Waals surface area contributed by atoms with Crippen LogP contribution in [0.2, 0.25) is 6.32 Å². The van der Waals surface area contributed by atoms with Crippen molar-refractivity contribution in [1.82, 2.24) is 5.32 Å². The molecule has 1 aliphatic heterocycles. The van der Waals surface area contributed by atoms with Gasteiger partial charge in [-0.3, -0.25) is 4.79 Å². The van der Waals surface area contributed by atoms with Crippen LogP contribution >= 0.6 is 0 Å². The number of carboxylic acids is 1. The zero-order chi connectivity index (χ0) is 9.84. The Hall–Kier alpha value is -0.585. The molecule has 0 saturated carbocycles. The molecule has 0 aliphatic carbocycles. The molecular weight excluding hydrogens is 173 g/mol. The van der Waals surface area contributed by atoms with Gasteiger partial charge in [0, 0.05) is 0 Å². The number of carbonyl (C=O) groups is 1. The summed E-state index contributed by atoms with van der Waals surface area (Å²) in [5, 5.41) is 28.7. The first kappa shape index (κ1) is 10.5. The van der Waals surface area contributed by atoms with E-state index in [0.717, 1.165) is 0 Å². The number of aliphatic carboxylic acids is 1. The fourth-order valence-corrected chi connectivity index (χ4v) is 1.60. The molecule has 0 aromatic carbocycles. The molecule has 0 amide bonds. The van der Waals surface area contributed by atoms with E-state index in [4.69, 9.17) is 15.2 Å². The fourth-order valence-electron chi connectivity index (χ4n) is 1.60. The smallest absolute Gasteiger partial charge is 0.451 e. The second-order valence-electron chi connectivity index (χ2n) is 3.46. The van der Waals surface area contributed by atoms with Gasteiger partial charge in [0.05, 0.1) is 0 Å². The van der Waals surface area contributed by atoms with Gasteiger partial charge in [-0.15, -0.1) is 0 Å². The van der Waals surface area contributed by atoms with Gasteiger partial charge in [0.15, 0.2) is 0 Å². The van der Waals surface area contributed by atoms with Crippen molar-refractivity contribution in [3.05, 3.63) is 0 Å². The zero-order valence-corrected chi connectivity index (χ0v) is 7.31. The number of hydrogen-bond donors (Lipinski definition) is 4. The van der Waals surface area contributed by atoms with E-state index in [0.29, 0.717) is 25.7 Å². The Morgan fingerprint density at radius 1 is 1.54 bits per heavy atom. The number of carboxylic acid groups (broad SMARTS) is 1. The molecule has 1 aliphatic rings. The van der Waals surface area contributed by atoms with Gasteiger partial charge in [-0.2, -0.15) is 0 Å². The highest BCUT2D eigenvalue weighted by Crippen LogP contribution is 2.19. The van der Waals surface area contributed by atoms with Gasteiger partial charge in [-0.1, -0.05) is 6.42 Å². The van der Waals surface area contributed by atoms with E-state index in [1.165, 1.54) is 0 Å². The minimum absolute atomic E-state index is 0.253. The number of nitrogens with one attached hydrogen (secondary N) is 1. The van der Waals surface area contributed by atoms with Gasteiger partial charge in [0.25, 0.3) is 0 Å². The average Bonchev–Trinajstić information content (AvgIpc) is 2.48. The maximum atomic E-state index is 10.5.